The molecule has 0 saturated carbocycles. The first-order valence-corrected chi connectivity index (χ1v) is 28.4. The smallest absolute Gasteiger partial charge is 0.245 e. The molecular formula is C57H80N18O11. The van der Waals surface area contributed by atoms with Gasteiger partial charge in [0.25, 0.3) is 0 Å². The number of hydrogen-bond donors (Lipinski definition) is 14. The number of carbonyl (C=O) groups excluding carboxylic acids is 11. The second kappa shape index (κ2) is 34.4. The molecule has 464 valence electrons. The molecule has 1 fully saturated rings. The number of primary amides is 1. The Morgan fingerprint density at radius 2 is 1.38 bits per heavy atom. The van der Waals surface area contributed by atoms with Gasteiger partial charge in [0, 0.05) is 55.7 Å². The first kappa shape index (κ1) is 67.4. The van der Waals surface area contributed by atoms with Crippen molar-refractivity contribution in [1.82, 2.24) is 52.4 Å². The van der Waals surface area contributed by atoms with Gasteiger partial charge in [0.2, 0.25) is 59.1 Å². The number of unbranched alkanes of at least 4 members (excludes halogenated alkanes) is 1. The maximum absolute atomic E-state index is 14.7. The van der Waals surface area contributed by atoms with Gasteiger partial charge in [-0.3, -0.25) is 62.7 Å². The first-order valence-electron chi connectivity index (χ1n) is 28.4. The highest BCUT2D eigenvalue weighted by Gasteiger charge is 2.40. The summed E-state index contributed by atoms with van der Waals surface area (Å²) in [5, 5.41) is 21.9. The summed E-state index contributed by atoms with van der Waals surface area (Å²) in [6, 6.07) is 5.13. The summed E-state index contributed by atoms with van der Waals surface area (Å²) in [5.74, 6) is -8.16. The van der Waals surface area contributed by atoms with Crippen molar-refractivity contribution in [3.8, 4) is 0 Å². The molecule has 2 aromatic carbocycles. The summed E-state index contributed by atoms with van der Waals surface area (Å²) in [4.78, 5) is 165. The van der Waals surface area contributed by atoms with E-state index >= 15 is 0 Å². The van der Waals surface area contributed by atoms with Gasteiger partial charge in [-0.2, -0.15) is 0 Å². The molecule has 29 heteroatoms. The number of nitrogens with one attached hydrogen (secondary N) is 9. The number of aromatic amines is 1. The van der Waals surface area contributed by atoms with Gasteiger partial charge in [-0.25, -0.2) is 4.99 Å². The molecule has 9 atom stereocenters. The molecule has 2 aliphatic heterocycles. The van der Waals surface area contributed by atoms with E-state index in [-0.39, 0.29) is 70.5 Å². The van der Waals surface area contributed by atoms with E-state index in [1.54, 1.807) is 56.4 Å². The molecule has 3 heterocycles. The number of para-hydroxylation sites is 1. The molecule has 1 saturated heterocycles. The Balaban J connectivity index is 1.38. The lowest BCUT2D eigenvalue weighted by atomic mass is 10.0. The number of nitrogens with zero attached hydrogens (tertiary/aromatic N) is 4. The normalized spacial score (nSPS) is 16.8. The number of aldehydes is 1. The van der Waals surface area contributed by atoms with Crippen molar-refractivity contribution in [2.24, 2.45) is 49.6 Å². The van der Waals surface area contributed by atoms with E-state index in [4.69, 9.17) is 28.7 Å². The molecule has 10 amide bonds. The Bertz CT molecular complexity index is 2970. The van der Waals surface area contributed by atoms with Crippen molar-refractivity contribution in [2.45, 2.75) is 132 Å². The van der Waals surface area contributed by atoms with Gasteiger partial charge in [0.15, 0.2) is 5.96 Å². The van der Waals surface area contributed by atoms with Crippen LogP contribution in [-0.2, 0) is 65.6 Å². The van der Waals surface area contributed by atoms with Gasteiger partial charge in [-0.15, -0.1) is 0 Å². The average molecular weight is 1190 g/mol. The van der Waals surface area contributed by atoms with E-state index < -0.39 is 132 Å². The predicted molar refractivity (Wildman–Crippen MR) is 320 cm³/mol. The van der Waals surface area contributed by atoms with Crippen LogP contribution < -0.4 is 71.2 Å². The quantitative estimate of drug-likeness (QED) is 0.00889. The Morgan fingerprint density at radius 3 is 2.06 bits per heavy atom. The second-order valence-corrected chi connectivity index (χ2v) is 21.1. The summed E-state index contributed by atoms with van der Waals surface area (Å²) in [6.45, 7) is 2.75. The number of benzene rings is 2. The van der Waals surface area contributed by atoms with Crippen LogP contribution >= 0.6 is 0 Å². The van der Waals surface area contributed by atoms with Crippen LogP contribution in [0.5, 0.6) is 0 Å². The molecule has 2 aliphatic rings. The first-order chi connectivity index (χ1) is 41.2. The molecule has 1 unspecified atom stereocenters. The lowest BCUT2D eigenvalue weighted by Crippen LogP contribution is -2.60. The van der Waals surface area contributed by atoms with Crippen molar-refractivity contribution in [3.63, 3.8) is 0 Å². The molecule has 0 bridgehead atoms. The molecule has 19 N–H and O–H groups in total. The Kier molecular flexibility index (Phi) is 27.0. The van der Waals surface area contributed by atoms with Crippen LogP contribution in [0.25, 0.3) is 10.9 Å². The van der Waals surface area contributed by atoms with E-state index in [0.29, 0.717) is 36.7 Å². The van der Waals surface area contributed by atoms with Crippen LogP contribution in [0.15, 0.2) is 87.9 Å². The van der Waals surface area contributed by atoms with Gasteiger partial charge < -0.3 is 81.1 Å². The van der Waals surface area contributed by atoms with Gasteiger partial charge in [0.05, 0.1) is 19.1 Å². The molecule has 5 rings (SSSR count). The van der Waals surface area contributed by atoms with Gasteiger partial charge in [0.1, 0.15) is 61.0 Å². The highest BCUT2D eigenvalue weighted by molar-refractivity contribution is 5.99. The van der Waals surface area contributed by atoms with Crippen molar-refractivity contribution in [3.05, 3.63) is 84.1 Å². The number of fused-ring (bicyclic) bond motifs is 1. The summed E-state index contributed by atoms with van der Waals surface area (Å²) in [7, 11) is 0. The van der Waals surface area contributed by atoms with E-state index in [1.807, 2.05) is 18.2 Å². The fourth-order valence-electron chi connectivity index (χ4n) is 9.65. The maximum atomic E-state index is 14.7. The minimum absolute atomic E-state index is 0.0252. The third kappa shape index (κ3) is 21.4. The fourth-order valence-corrected chi connectivity index (χ4v) is 9.65. The molecular weight excluding hydrogens is 1110 g/mol. The van der Waals surface area contributed by atoms with Crippen molar-refractivity contribution in [1.29, 1.82) is 0 Å². The average Bonchev–Trinajstić information content (AvgIpc) is 2.39. The Labute approximate surface area is 497 Å². The van der Waals surface area contributed by atoms with Gasteiger partial charge >= 0.3 is 0 Å². The molecule has 29 nitrogen and oxygen atoms in total. The predicted octanol–water partition coefficient (Wildman–Crippen LogP) is -3.64. The zero-order valence-electron chi connectivity index (χ0n) is 48.2. The van der Waals surface area contributed by atoms with Crippen LogP contribution in [0.2, 0.25) is 0 Å². The number of allylic oxidation sites excluding steroid dienone is 1. The minimum atomic E-state index is -1.41. The summed E-state index contributed by atoms with van der Waals surface area (Å²) in [5.41, 5.74) is 30.1. The number of guanidine groups is 1. The lowest BCUT2D eigenvalue weighted by Gasteiger charge is -2.30. The largest absolute Gasteiger partial charge is 0.370 e. The Morgan fingerprint density at radius 1 is 0.733 bits per heavy atom. The topological polar surface area (TPSA) is 470 Å². The number of hydrogen-bond acceptors (Lipinski definition) is 16. The number of nitrogens with two attached hydrogens (primary N) is 5. The van der Waals surface area contributed by atoms with Crippen LogP contribution in [-0.4, -0.2) is 181 Å². The molecule has 86 heavy (non-hydrogen) atoms. The van der Waals surface area contributed by atoms with E-state index in [2.05, 4.69) is 62.5 Å². The zero-order valence-corrected chi connectivity index (χ0v) is 48.2. The number of carbonyl (C=O) groups is 11. The summed E-state index contributed by atoms with van der Waals surface area (Å²) in [6.07, 6.45) is 8.42. The third-order valence-corrected chi connectivity index (χ3v) is 14.1. The molecule has 0 radical (unpaired) electrons. The number of amides is 10. The van der Waals surface area contributed by atoms with E-state index in [1.165, 1.54) is 17.5 Å². The number of rotatable bonds is 35. The van der Waals surface area contributed by atoms with Crippen LogP contribution in [0.3, 0.4) is 0 Å². The number of likely N-dealkylation sites (tertiary alicyclic amines) is 1. The van der Waals surface area contributed by atoms with E-state index in [9.17, 15) is 52.7 Å². The molecule has 0 aliphatic carbocycles. The number of H-pyrrole nitrogens is 1. The number of aromatic nitrogens is 1. The number of aliphatic imine (C=N–C) groups is 3. The monoisotopic (exact) mass is 1190 g/mol. The van der Waals surface area contributed by atoms with E-state index in [0.717, 1.165) is 23.1 Å². The standard InChI is InChI=1S/C57H80N18O11/c1-33(2)48(55(85)66-30-46(60)77)74-54(84)45-20-11-23-75(45)56(86)41(18-8-9-21-58)69-47(78)31-67-50(80)43(26-35-28-65-39-17-7-6-15-37(35)39)73-51(81)40(19-10-22-64-57(61)62)70-52(82)42(25-34-13-4-3-5-14-34)72-53(83)44(27-36-29-63-32-68-36)71-49(79)38(59)16-12-24-76/h3-7,12-17,24,28-29,32-33,36,38,40-45,48,65H,8-11,18-23,25-27,30-31,58-59H2,1-2H3,(H2,60,77)(H,66,85)(H,67,80)(H,69,78)(H,70,82)(H,71,79)(H,72,83)(H,73,81)(H,74,84)(H4,61,62,64)/b16-12-/t36?,38-,40-,41-,42-,43-,44-,45-,48-/m0/s1. The zero-order chi connectivity index (χ0) is 62.7. The van der Waals surface area contributed by atoms with Crippen molar-refractivity contribution in [2.75, 3.05) is 32.7 Å². The summed E-state index contributed by atoms with van der Waals surface area (Å²) < 4.78 is 0. The SMILES string of the molecule is CC(C)[C@H](NC(=O)[C@@H]1CCCN1C(=O)[C@H](CCCCN)NC(=O)CNC(=O)[C@H](Cc1c[nH]c2ccccc12)NC(=O)[C@H](CCCN=C(N)N)NC(=O)[C@H](Cc1ccccc1)NC(=O)[C@H](CC1C=NC=N1)NC(=O)[C@@H](N)/C=C\C=O)C(=O)NCC(N)=O. The highest BCUT2D eigenvalue weighted by Crippen LogP contribution is 2.22. The fraction of sp³-hybridized carbons (Fsp3) is 0.474. The van der Waals surface area contributed by atoms with Crippen molar-refractivity contribution >= 4 is 94.8 Å². The van der Waals surface area contributed by atoms with Crippen molar-refractivity contribution < 1.29 is 52.7 Å². The van der Waals surface area contributed by atoms with Crippen LogP contribution in [0.4, 0.5) is 0 Å². The third-order valence-electron chi connectivity index (χ3n) is 14.1. The van der Waals surface area contributed by atoms with Gasteiger partial charge in [-0.05, 0) is 80.7 Å². The lowest BCUT2D eigenvalue weighted by molar-refractivity contribution is -0.142. The Hall–Kier alpha value is -9.38. The van der Waals surface area contributed by atoms with Crippen LogP contribution in [0, 0.1) is 5.92 Å². The molecule has 3 aromatic rings. The highest BCUT2D eigenvalue weighted by atomic mass is 16.2. The maximum Gasteiger partial charge on any atom is 0.245 e. The van der Waals surface area contributed by atoms with Gasteiger partial charge in [-0.1, -0.05) is 68.5 Å². The molecule has 1 aromatic heterocycles. The summed E-state index contributed by atoms with van der Waals surface area (Å²) >= 11 is 0. The molecule has 0 spiro atoms. The van der Waals surface area contributed by atoms with Crippen LogP contribution in [0.1, 0.15) is 76.3 Å². The minimum Gasteiger partial charge on any atom is -0.370 e. The second-order valence-electron chi connectivity index (χ2n) is 21.1.